The summed E-state index contributed by atoms with van der Waals surface area (Å²) in [7, 11) is -0.644. The minimum atomic E-state index is -3.56. The van der Waals surface area contributed by atoms with Gasteiger partial charge < -0.3 is 4.74 Å². The second-order valence-electron chi connectivity index (χ2n) is 5.59. The van der Waals surface area contributed by atoms with E-state index in [9.17, 15) is 13.2 Å². The normalized spacial score (nSPS) is 22.4. The maximum absolute atomic E-state index is 12.1. The molecule has 0 saturated carbocycles. The molecule has 0 aromatic carbocycles. The smallest absolute Gasteiger partial charge is 0.325 e. The maximum Gasteiger partial charge on any atom is 0.325 e. The van der Waals surface area contributed by atoms with Crippen LogP contribution < -0.4 is 0 Å². The van der Waals surface area contributed by atoms with Gasteiger partial charge in [0.05, 0.1) is 0 Å². The van der Waals surface area contributed by atoms with Gasteiger partial charge in [0.2, 0.25) is 0 Å². The first kappa shape index (κ1) is 15.4. The lowest BCUT2D eigenvalue weighted by molar-refractivity contribution is -0.158. The van der Waals surface area contributed by atoms with Crippen LogP contribution in [0.5, 0.6) is 0 Å². The Balaban J connectivity index is 2.87. The molecule has 0 N–H and O–H groups in total. The molecule has 7 heteroatoms. The first-order valence-corrected chi connectivity index (χ1v) is 7.37. The first-order chi connectivity index (χ1) is 8.05. The molecule has 0 amide bonds. The summed E-state index contributed by atoms with van der Waals surface area (Å²) in [5.41, 5.74) is -0.604. The molecule has 6 nitrogen and oxygen atoms in total. The Morgan fingerprint density at radius 1 is 1.33 bits per heavy atom. The zero-order chi connectivity index (χ0) is 14.1. The highest BCUT2D eigenvalue weighted by atomic mass is 32.2. The fourth-order valence-electron chi connectivity index (χ4n) is 1.83. The van der Waals surface area contributed by atoms with Gasteiger partial charge in [0.1, 0.15) is 11.6 Å². The monoisotopic (exact) mass is 278 g/mol. The fourth-order valence-corrected chi connectivity index (χ4v) is 3.12. The molecule has 0 unspecified atom stereocenters. The molecule has 0 aromatic rings. The Morgan fingerprint density at radius 2 is 1.89 bits per heavy atom. The Morgan fingerprint density at radius 3 is 2.33 bits per heavy atom. The van der Waals surface area contributed by atoms with Crippen LogP contribution in [0.25, 0.3) is 0 Å². The van der Waals surface area contributed by atoms with Gasteiger partial charge in [-0.3, -0.25) is 4.79 Å². The molecule has 0 bridgehead atoms. The van der Waals surface area contributed by atoms with Crippen LogP contribution in [0.4, 0.5) is 0 Å². The Labute approximate surface area is 109 Å². The zero-order valence-electron chi connectivity index (χ0n) is 11.6. The number of carbonyl (C=O) groups is 1. The molecule has 1 saturated heterocycles. The summed E-state index contributed by atoms with van der Waals surface area (Å²) in [4.78, 5) is 12.0. The number of carbonyl (C=O) groups excluding carboxylic acids is 1. The summed E-state index contributed by atoms with van der Waals surface area (Å²) < 4.78 is 31.7. The van der Waals surface area contributed by atoms with Gasteiger partial charge in [0.25, 0.3) is 10.2 Å². The van der Waals surface area contributed by atoms with Crippen LogP contribution in [-0.2, 0) is 19.7 Å². The van der Waals surface area contributed by atoms with Crippen molar-refractivity contribution in [1.29, 1.82) is 0 Å². The van der Waals surface area contributed by atoms with Crippen LogP contribution in [0.1, 0.15) is 33.6 Å². The van der Waals surface area contributed by atoms with Gasteiger partial charge in [-0.25, -0.2) is 0 Å². The van der Waals surface area contributed by atoms with Crippen LogP contribution in [0, 0.1) is 0 Å². The Hall–Kier alpha value is -0.660. The van der Waals surface area contributed by atoms with Gasteiger partial charge in [-0.1, -0.05) is 0 Å². The molecule has 1 aliphatic rings. The lowest BCUT2D eigenvalue weighted by Gasteiger charge is -2.28. The predicted molar refractivity (Wildman–Crippen MR) is 68.2 cm³/mol. The highest BCUT2D eigenvalue weighted by Crippen LogP contribution is 2.24. The molecule has 1 atom stereocenters. The summed E-state index contributed by atoms with van der Waals surface area (Å²) >= 11 is 0. The average molecular weight is 278 g/mol. The maximum atomic E-state index is 12.1. The lowest BCUT2D eigenvalue weighted by atomic mass is 10.2. The second kappa shape index (κ2) is 5.14. The van der Waals surface area contributed by atoms with E-state index in [1.807, 2.05) is 0 Å². The third kappa shape index (κ3) is 3.43. The molecule has 18 heavy (non-hydrogen) atoms. The van der Waals surface area contributed by atoms with Crippen LogP contribution in [0.15, 0.2) is 0 Å². The minimum absolute atomic E-state index is 0.365. The van der Waals surface area contributed by atoms with Gasteiger partial charge >= 0.3 is 5.97 Å². The van der Waals surface area contributed by atoms with E-state index < -0.39 is 27.8 Å². The lowest BCUT2D eigenvalue weighted by Crippen LogP contribution is -2.47. The van der Waals surface area contributed by atoms with E-state index in [2.05, 4.69) is 0 Å². The van der Waals surface area contributed by atoms with Crippen molar-refractivity contribution >= 4 is 16.2 Å². The first-order valence-electron chi connectivity index (χ1n) is 5.98. The predicted octanol–water partition coefficient (Wildman–Crippen LogP) is 0.599. The molecule has 106 valence electrons. The molecule has 1 heterocycles. The topological polar surface area (TPSA) is 66.9 Å². The van der Waals surface area contributed by atoms with E-state index in [1.54, 1.807) is 20.8 Å². The van der Waals surface area contributed by atoms with Crippen LogP contribution in [0.3, 0.4) is 0 Å². The summed E-state index contributed by atoms with van der Waals surface area (Å²) in [5.74, 6) is -0.467. The average Bonchev–Trinajstić information content (AvgIpc) is 2.62. The van der Waals surface area contributed by atoms with Crippen LogP contribution in [0.2, 0.25) is 0 Å². The molecule has 0 radical (unpaired) electrons. The van der Waals surface area contributed by atoms with Crippen molar-refractivity contribution in [2.45, 2.75) is 45.3 Å². The van der Waals surface area contributed by atoms with Crippen molar-refractivity contribution in [3.8, 4) is 0 Å². The van der Waals surface area contributed by atoms with Crippen molar-refractivity contribution in [3.63, 3.8) is 0 Å². The second-order valence-corrected chi connectivity index (χ2v) is 7.69. The molecular formula is C11H22N2O4S. The van der Waals surface area contributed by atoms with E-state index in [1.165, 1.54) is 18.4 Å². The van der Waals surface area contributed by atoms with Crippen molar-refractivity contribution < 1.29 is 17.9 Å². The van der Waals surface area contributed by atoms with Crippen molar-refractivity contribution in [3.05, 3.63) is 0 Å². The van der Waals surface area contributed by atoms with Gasteiger partial charge in [0, 0.05) is 20.6 Å². The zero-order valence-corrected chi connectivity index (χ0v) is 12.5. The Bertz CT molecular complexity index is 411. The third-order valence-electron chi connectivity index (χ3n) is 2.64. The van der Waals surface area contributed by atoms with Crippen molar-refractivity contribution in [2.24, 2.45) is 0 Å². The number of esters is 1. The molecule has 0 aromatic heterocycles. The molecule has 1 rings (SSSR count). The van der Waals surface area contributed by atoms with Crippen molar-refractivity contribution in [1.82, 2.24) is 8.61 Å². The molecule has 1 fully saturated rings. The molecule has 0 spiro atoms. The van der Waals surface area contributed by atoms with E-state index >= 15 is 0 Å². The number of rotatable bonds is 3. The van der Waals surface area contributed by atoms with Gasteiger partial charge in [0.15, 0.2) is 0 Å². The Kier molecular flexibility index (Phi) is 4.40. The molecule has 0 aliphatic carbocycles. The number of hydrogen-bond acceptors (Lipinski definition) is 4. The number of hydrogen-bond donors (Lipinski definition) is 0. The van der Waals surface area contributed by atoms with Gasteiger partial charge in [-0.2, -0.15) is 17.0 Å². The highest BCUT2D eigenvalue weighted by Gasteiger charge is 2.41. The number of nitrogens with zero attached hydrogens (tertiary/aromatic N) is 2. The van der Waals surface area contributed by atoms with E-state index in [0.29, 0.717) is 19.4 Å². The van der Waals surface area contributed by atoms with E-state index in [4.69, 9.17) is 4.74 Å². The highest BCUT2D eigenvalue weighted by molar-refractivity contribution is 7.86. The van der Waals surface area contributed by atoms with Gasteiger partial charge in [-0.15, -0.1) is 0 Å². The standard InChI is InChI=1S/C11H22N2O4S/c1-11(2,3)17-10(14)9-7-6-8-13(9)18(15,16)12(4)5/h9H,6-8H2,1-5H3/t9-/m1/s1. The van der Waals surface area contributed by atoms with E-state index in [-0.39, 0.29) is 0 Å². The van der Waals surface area contributed by atoms with Crippen LogP contribution >= 0.6 is 0 Å². The van der Waals surface area contributed by atoms with E-state index in [0.717, 1.165) is 4.31 Å². The minimum Gasteiger partial charge on any atom is -0.459 e. The quantitative estimate of drug-likeness (QED) is 0.709. The third-order valence-corrected chi connectivity index (χ3v) is 4.59. The van der Waals surface area contributed by atoms with Gasteiger partial charge in [-0.05, 0) is 33.6 Å². The summed E-state index contributed by atoms with van der Waals surface area (Å²) in [5, 5.41) is 0. The van der Waals surface area contributed by atoms with Crippen LogP contribution in [-0.4, -0.2) is 55.3 Å². The molecular weight excluding hydrogens is 256 g/mol. The molecule has 1 aliphatic heterocycles. The largest absolute Gasteiger partial charge is 0.459 e. The summed E-state index contributed by atoms with van der Waals surface area (Å²) in [6.07, 6.45) is 1.19. The van der Waals surface area contributed by atoms with Crippen molar-refractivity contribution in [2.75, 3.05) is 20.6 Å². The summed E-state index contributed by atoms with van der Waals surface area (Å²) in [6, 6.07) is -0.698. The fraction of sp³-hybridized carbons (Fsp3) is 0.909. The summed E-state index contributed by atoms with van der Waals surface area (Å²) in [6.45, 7) is 5.67. The number of ether oxygens (including phenoxy) is 1. The SMILES string of the molecule is CN(C)S(=O)(=O)N1CCC[C@@H]1C(=O)OC(C)(C)C.